The first-order chi connectivity index (χ1) is 8.77. The third-order valence-corrected chi connectivity index (χ3v) is 3.01. The van der Waals surface area contributed by atoms with Gasteiger partial charge in [-0.15, -0.1) is 0 Å². The monoisotopic (exact) mass is 246 g/mol. The highest BCUT2D eigenvalue weighted by Crippen LogP contribution is 2.22. The van der Waals surface area contributed by atoms with E-state index in [0.717, 1.165) is 17.4 Å². The molecule has 18 heavy (non-hydrogen) atoms. The van der Waals surface area contributed by atoms with Gasteiger partial charge in [-0.05, 0) is 26.0 Å². The highest BCUT2D eigenvalue weighted by Gasteiger charge is 2.18. The summed E-state index contributed by atoms with van der Waals surface area (Å²) in [6.07, 6.45) is 2.35. The van der Waals surface area contributed by atoms with E-state index in [1.165, 1.54) is 6.26 Å². The molecule has 0 spiro atoms. The number of benzene rings is 1. The molecule has 0 saturated carbocycles. The van der Waals surface area contributed by atoms with Crippen LogP contribution in [0.5, 0.6) is 0 Å². The molecular formula is C14H18N2O2. The minimum absolute atomic E-state index is 0.0101. The van der Waals surface area contributed by atoms with Crippen molar-refractivity contribution in [2.24, 2.45) is 5.73 Å². The predicted octanol–water partition coefficient (Wildman–Crippen LogP) is 2.24. The normalized spacial score (nSPS) is 10.8. The Balaban J connectivity index is 2.26. The van der Waals surface area contributed by atoms with Crippen molar-refractivity contribution in [3.63, 3.8) is 0 Å². The van der Waals surface area contributed by atoms with Crippen LogP contribution in [0.25, 0.3) is 11.0 Å². The molecule has 1 amide bonds. The lowest BCUT2D eigenvalue weighted by Crippen LogP contribution is -2.32. The van der Waals surface area contributed by atoms with Crippen molar-refractivity contribution in [3.8, 4) is 0 Å². The number of nitrogens with zero attached hydrogens (tertiary/aromatic N) is 1. The van der Waals surface area contributed by atoms with Crippen molar-refractivity contribution < 1.29 is 9.21 Å². The number of rotatable bonds is 5. The van der Waals surface area contributed by atoms with Crippen LogP contribution in [0.2, 0.25) is 0 Å². The summed E-state index contributed by atoms with van der Waals surface area (Å²) >= 11 is 0. The number of amides is 1. The van der Waals surface area contributed by atoms with Crippen molar-refractivity contribution >= 4 is 16.9 Å². The van der Waals surface area contributed by atoms with Crippen molar-refractivity contribution in [2.75, 3.05) is 19.6 Å². The zero-order valence-corrected chi connectivity index (χ0v) is 10.6. The molecule has 1 heterocycles. The zero-order chi connectivity index (χ0) is 13.0. The number of hydrogen-bond donors (Lipinski definition) is 1. The fourth-order valence-electron chi connectivity index (χ4n) is 2.00. The van der Waals surface area contributed by atoms with Gasteiger partial charge < -0.3 is 15.1 Å². The summed E-state index contributed by atoms with van der Waals surface area (Å²) in [5, 5.41) is 0.869. The SMILES string of the molecule is CCN(CCCN)C(=O)c1coc2ccccc12. The van der Waals surface area contributed by atoms with Crippen LogP contribution in [0.4, 0.5) is 0 Å². The van der Waals surface area contributed by atoms with E-state index in [1.54, 1.807) is 4.90 Å². The van der Waals surface area contributed by atoms with Gasteiger partial charge in [-0.3, -0.25) is 4.79 Å². The van der Waals surface area contributed by atoms with Gasteiger partial charge in [-0.2, -0.15) is 0 Å². The Morgan fingerprint density at radius 2 is 2.17 bits per heavy atom. The summed E-state index contributed by atoms with van der Waals surface area (Å²) in [5.74, 6) is 0.0101. The average Bonchev–Trinajstić information content (AvgIpc) is 2.83. The minimum atomic E-state index is 0.0101. The highest BCUT2D eigenvalue weighted by atomic mass is 16.3. The van der Waals surface area contributed by atoms with E-state index in [0.29, 0.717) is 25.2 Å². The van der Waals surface area contributed by atoms with E-state index in [1.807, 2.05) is 31.2 Å². The van der Waals surface area contributed by atoms with E-state index in [9.17, 15) is 4.79 Å². The van der Waals surface area contributed by atoms with Gasteiger partial charge in [0.1, 0.15) is 11.8 Å². The molecule has 2 rings (SSSR count). The second kappa shape index (κ2) is 5.69. The smallest absolute Gasteiger partial charge is 0.257 e. The van der Waals surface area contributed by atoms with E-state index in [-0.39, 0.29) is 5.91 Å². The number of furan rings is 1. The Morgan fingerprint density at radius 3 is 2.89 bits per heavy atom. The lowest BCUT2D eigenvalue weighted by molar-refractivity contribution is 0.0764. The standard InChI is InChI=1S/C14H18N2O2/c1-2-16(9-5-8-15)14(17)12-10-18-13-7-4-3-6-11(12)13/h3-4,6-7,10H,2,5,8-9,15H2,1H3. The number of carbonyl (C=O) groups is 1. The van der Waals surface area contributed by atoms with Crippen molar-refractivity contribution in [1.29, 1.82) is 0 Å². The van der Waals surface area contributed by atoms with Crippen LogP contribution in [-0.2, 0) is 0 Å². The van der Waals surface area contributed by atoms with E-state index in [4.69, 9.17) is 10.2 Å². The Hall–Kier alpha value is -1.81. The fourth-order valence-corrected chi connectivity index (χ4v) is 2.00. The van der Waals surface area contributed by atoms with Gasteiger partial charge in [-0.1, -0.05) is 18.2 Å². The van der Waals surface area contributed by atoms with Crippen LogP contribution in [0.15, 0.2) is 34.9 Å². The van der Waals surface area contributed by atoms with E-state index in [2.05, 4.69) is 0 Å². The molecule has 2 aromatic rings. The number of hydrogen-bond acceptors (Lipinski definition) is 3. The maximum absolute atomic E-state index is 12.4. The molecule has 0 aliphatic heterocycles. The van der Waals surface area contributed by atoms with Gasteiger partial charge in [0.15, 0.2) is 0 Å². The first kappa shape index (κ1) is 12.6. The minimum Gasteiger partial charge on any atom is -0.463 e. The molecule has 96 valence electrons. The molecule has 0 saturated heterocycles. The predicted molar refractivity (Wildman–Crippen MR) is 71.5 cm³/mol. The Kier molecular flexibility index (Phi) is 3.99. The van der Waals surface area contributed by atoms with Crippen molar-refractivity contribution in [2.45, 2.75) is 13.3 Å². The van der Waals surface area contributed by atoms with Gasteiger partial charge >= 0.3 is 0 Å². The van der Waals surface area contributed by atoms with Gasteiger partial charge in [-0.25, -0.2) is 0 Å². The van der Waals surface area contributed by atoms with Gasteiger partial charge in [0.25, 0.3) is 5.91 Å². The van der Waals surface area contributed by atoms with Crippen LogP contribution in [0, 0.1) is 0 Å². The van der Waals surface area contributed by atoms with Crippen LogP contribution in [-0.4, -0.2) is 30.4 Å². The van der Waals surface area contributed by atoms with E-state index >= 15 is 0 Å². The van der Waals surface area contributed by atoms with Gasteiger partial charge in [0, 0.05) is 18.5 Å². The van der Waals surface area contributed by atoms with Gasteiger partial charge in [0.2, 0.25) is 0 Å². The molecule has 1 aromatic carbocycles. The molecule has 0 radical (unpaired) electrons. The maximum Gasteiger partial charge on any atom is 0.257 e. The summed E-state index contributed by atoms with van der Waals surface area (Å²) in [4.78, 5) is 14.2. The van der Waals surface area contributed by atoms with Crippen LogP contribution >= 0.6 is 0 Å². The second-order valence-electron chi connectivity index (χ2n) is 4.17. The first-order valence-corrected chi connectivity index (χ1v) is 6.23. The number of para-hydroxylation sites is 1. The zero-order valence-electron chi connectivity index (χ0n) is 10.6. The first-order valence-electron chi connectivity index (χ1n) is 6.23. The Morgan fingerprint density at radius 1 is 1.39 bits per heavy atom. The fraction of sp³-hybridized carbons (Fsp3) is 0.357. The summed E-state index contributed by atoms with van der Waals surface area (Å²) in [5.41, 5.74) is 6.86. The number of nitrogens with two attached hydrogens (primary N) is 1. The van der Waals surface area contributed by atoms with Gasteiger partial charge in [0.05, 0.1) is 5.56 Å². The number of carbonyl (C=O) groups excluding carboxylic acids is 1. The van der Waals surface area contributed by atoms with Crippen LogP contribution in [0.1, 0.15) is 23.7 Å². The third-order valence-electron chi connectivity index (χ3n) is 3.01. The summed E-state index contributed by atoms with van der Waals surface area (Å²) in [7, 11) is 0. The molecule has 0 unspecified atom stereocenters. The Bertz CT molecular complexity index is 533. The topological polar surface area (TPSA) is 59.5 Å². The quantitative estimate of drug-likeness (QED) is 0.880. The summed E-state index contributed by atoms with van der Waals surface area (Å²) < 4.78 is 5.40. The second-order valence-corrected chi connectivity index (χ2v) is 4.17. The summed E-state index contributed by atoms with van der Waals surface area (Å²) in [6, 6.07) is 7.57. The lowest BCUT2D eigenvalue weighted by atomic mass is 10.1. The van der Waals surface area contributed by atoms with Crippen molar-refractivity contribution in [3.05, 3.63) is 36.1 Å². The lowest BCUT2D eigenvalue weighted by Gasteiger charge is -2.19. The molecule has 0 bridgehead atoms. The highest BCUT2D eigenvalue weighted by molar-refractivity contribution is 6.05. The van der Waals surface area contributed by atoms with Crippen molar-refractivity contribution in [1.82, 2.24) is 4.90 Å². The van der Waals surface area contributed by atoms with Crippen LogP contribution < -0.4 is 5.73 Å². The maximum atomic E-state index is 12.4. The molecular weight excluding hydrogens is 228 g/mol. The molecule has 4 nitrogen and oxygen atoms in total. The largest absolute Gasteiger partial charge is 0.463 e. The van der Waals surface area contributed by atoms with Crippen LogP contribution in [0.3, 0.4) is 0 Å². The molecule has 0 fully saturated rings. The third kappa shape index (κ3) is 2.38. The number of fused-ring (bicyclic) bond motifs is 1. The molecule has 0 aliphatic rings. The molecule has 0 aliphatic carbocycles. The average molecular weight is 246 g/mol. The molecule has 2 N–H and O–H groups in total. The summed E-state index contributed by atoms with van der Waals surface area (Å²) in [6.45, 7) is 3.93. The van der Waals surface area contributed by atoms with E-state index < -0.39 is 0 Å². The molecule has 0 atom stereocenters. The Labute approximate surface area is 106 Å². The molecule has 4 heteroatoms. The molecule has 1 aromatic heterocycles.